The van der Waals surface area contributed by atoms with E-state index in [9.17, 15) is 14.4 Å². The average Bonchev–Trinajstić information content (AvgIpc) is 2.67. The molecule has 2 rings (SSSR count). The van der Waals surface area contributed by atoms with Crippen LogP contribution in [0.4, 0.5) is 0 Å². The van der Waals surface area contributed by atoms with Crippen molar-refractivity contribution < 1.29 is 23.9 Å². The minimum Gasteiger partial charge on any atom is -0.482 e. The normalized spacial score (nSPS) is 11.4. The second-order valence-corrected chi connectivity index (χ2v) is 6.69. The molecular formula is C21H22ClNO5. The molecule has 28 heavy (non-hydrogen) atoms. The fraction of sp³-hybridized carbons (Fsp3) is 0.286. The van der Waals surface area contributed by atoms with Crippen molar-refractivity contribution in [3.8, 4) is 5.75 Å². The third-order valence-corrected chi connectivity index (χ3v) is 4.38. The topological polar surface area (TPSA) is 81.7 Å². The number of amides is 1. The first-order chi connectivity index (χ1) is 13.3. The molecule has 7 heteroatoms. The molecule has 0 aliphatic rings. The summed E-state index contributed by atoms with van der Waals surface area (Å²) >= 11 is 5.93. The number of benzene rings is 2. The molecule has 0 aliphatic carbocycles. The Morgan fingerprint density at radius 1 is 1.07 bits per heavy atom. The van der Waals surface area contributed by atoms with Crippen LogP contribution < -0.4 is 10.1 Å². The Kier molecular flexibility index (Phi) is 8.02. The van der Waals surface area contributed by atoms with Gasteiger partial charge in [0.15, 0.2) is 19.0 Å². The monoisotopic (exact) mass is 403 g/mol. The van der Waals surface area contributed by atoms with Gasteiger partial charge in [-0.1, -0.05) is 41.9 Å². The second-order valence-electron chi connectivity index (χ2n) is 6.28. The first-order valence-corrected chi connectivity index (χ1v) is 9.11. The smallest absolute Gasteiger partial charge is 0.344 e. The molecule has 0 aliphatic heterocycles. The van der Waals surface area contributed by atoms with Crippen LogP contribution in [-0.4, -0.2) is 36.9 Å². The molecule has 0 radical (unpaired) electrons. The molecule has 1 atom stereocenters. The number of carbonyl (C=O) groups excluding carboxylic acids is 3. The lowest BCUT2D eigenvalue weighted by Gasteiger charge is -2.16. The Morgan fingerprint density at radius 2 is 1.79 bits per heavy atom. The van der Waals surface area contributed by atoms with E-state index in [0.29, 0.717) is 17.2 Å². The minimum atomic E-state index is -0.690. The molecule has 1 amide bonds. The van der Waals surface area contributed by atoms with Gasteiger partial charge in [0.1, 0.15) is 5.75 Å². The number of aryl methyl sites for hydroxylation is 1. The standard InChI is InChI=1S/C21H22ClNO5/c1-14-10-17(8-9-18(14)22)27-13-21(26)28-12-20(25)23-19(15(2)24)11-16-6-4-3-5-7-16/h3-10,19H,11-13H2,1-2H3,(H,23,25)/t19-/m1/s1. The van der Waals surface area contributed by atoms with E-state index in [1.54, 1.807) is 18.2 Å². The van der Waals surface area contributed by atoms with Crippen LogP contribution >= 0.6 is 11.6 Å². The molecule has 148 valence electrons. The van der Waals surface area contributed by atoms with Gasteiger partial charge in [0.2, 0.25) is 0 Å². The number of carbonyl (C=O) groups is 3. The van der Waals surface area contributed by atoms with Gasteiger partial charge in [-0.3, -0.25) is 9.59 Å². The number of rotatable bonds is 9. The highest BCUT2D eigenvalue weighted by Gasteiger charge is 2.18. The van der Waals surface area contributed by atoms with Crippen molar-refractivity contribution in [1.29, 1.82) is 0 Å². The predicted molar refractivity (Wildman–Crippen MR) is 105 cm³/mol. The van der Waals surface area contributed by atoms with Gasteiger partial charge in [-0.05, 0) is 49.6 Å². The lowest BCUT2D eigenvalue weighted by atomic mass is 10.0. The first kappa shape index (κ1) is 21.4. The van der Waals surface area contributed by atoms with Crippen molar-refractivity contribution in [3.63, 3.8) is 0 Å². The van der Waals surface area contributed by atoms with Crippen LogP contribution in [0.2, 0.25) is 5.02 Å². The molecule has 0 heterocycles. The molecule has 0 spiro atoms. The van der Waals surface area contributed by atoms with E-state index in [1.165, 1.54) is 6.92 Å². The number of hydrogen-bond donors (Lipinski definition) is 1. The summed E-state index contributed by atoms with van der Waals surface area (Å²) in [7, 11) is 0. The zero-order valence-electron chi connectivity index (χ0n) is 15.7. The number of hydrogen-bond acceptors (Lipinski definition) is 5. The van der Waals surface area contributed by atoms with Gasteiger partial charge >= 0.3 is 5.97 Å². The zero-order chi connectivity index (χ0) is 20.5. The second kappa shape index (κ2) is 10.5. The molecule has 0 unspecified atom stereocenters. The van der Waals surface area contributed by atoms with Crippen LogP contribution in [0, 0.1) is 6.92 Å². The molecule has 2 aromatic rings. The number of ether oxygens (including phenoxy) is 2. The van der Waals surface area contributed by atoms with E-state index < -0.39 is 24.5 Å². The zero-order valence-corrected chi connectivity index (χ0v) is 16.5. The summed E-state index contributed by atoms with van der Waals surface area (Å²) in [5, 5.41) is 3.19. The van der Waals surface area contributed by atoms with Crippen molar-refractivity contribution >= 4 is 29.3 Å². The summed E-state index contributed by atoms with van der Waals surface area (Å²) in [5.74, 6) is -0.940. The average molecular weight is 404 g/mol. The molecule has 1 N–H and O–H groups in total. The quantitative estimate of drug-likeness (QED) is 0.651. The summed E-state index contributed by atoms with van der Waals surface area (Å²) < 4.78 is 10.2. The highest BCUT2D eigenvalue weighted by atomic mass is 35.5. The highest BCUT2D eigenvalue weighted by molar-refractivity contribution is 6.31. The number of nitrogens with one attached hydrogen (secondary N) is 1. The third-order valence-electron chi connectivity index (χ3n) is 3.96. The van der Waals surface area contributed by atoms with E-state index in [1.807, 2.05) is 37.3 Å². The Labute approximate surface area is 168 Å². The van der Waals surface area contributed by atoms with Gasteiger partial charge in [0, 0.05) is 5.02 Å². The maximum atomic E-state index is 12.0. The Balaban J connectivity index is 1.77. The van der Waals surface area contributed by atoms with Crippen molar-refractivity contribution in [2.45, 2.75) is 26.3 Å². The Hall–Kier alpha value is -2.86. The van der Waals surface area contributed by atoms with E-state index in [2.05, 4.69) is 5.32 Å². The van der Waals surface area contributed by atoms with Gasteiger partial charge in [0.05, 0.1) is 6.04 Å². The largest absolute Gasteiger partial charge is 0.482 e. The number of Topliss-reactive ketones (excluding diaryl/α,β-unsaturated/α-hetero) is 1. The Bertz CT molecular complexity index is 838. The summed E-state index contributed by atoms with van der Waals surface area (Å²) in [5.41, 5.74) is 1.74. The molecule has 0 saturated carbocycles. The molecule has 0 bridgehead atoms. The Morgan fingerprint density at radius 3 is 2.43 bits per heavy atom. The highest BCUT2D eigenvalue weighted by Crippen LogP contribution is 2.20. The predicted octanol–water partition coefficient (Wildman–Crippen LogP) is 2.89. The molecule has 2 aromatic carbocycles. The summed E-state index contributed by atoms with van der Waals surface area (Å²) in [6.07, 6.45) is 0.370. The fourth-order valence-electron chi connectivity index (χ4n) is 2.42. The fourth-order valence-corrected chi connectivity index (χ4v) is 2.54. The van der Waals surface area contributed by atoms with Gasteiger partial charge in [-0.25, -0.2) is 4.79 Å². The SMILES string of the molecule is CC(=O)[C@@H](Cc1ccccc1)NC(=O)COC(=O)COc1ccc(Cl)c(C)c1. The van der Waals surface area contributed by atoms with Gasteiger partial charge in [-0.2, -0.15) is 0 Å². The lowest BCUT2D eigenvalue weighted by Crippen LogP contribution is -2.43. The van der Waals surface area contributed by atoms with Crippen LogP contribution in [0.3, 0.4) is 0 Å². The molecule has 6 nitrogen and oxygen atoms in total. The van der Waals surface area contributed by atoms with E-state index in [4.69, 9.17) is 21.1 Å². The first-order valence-electron chi connectivity index (χ1n) is 8.73. The maximum Gasteiger partial charge on any atom is 0.344 e. The molecular weight excluding hydrogens is 382 g/mol. The van der Waals surface area contributed by atoms with Gasteiger partial charge in [0.25, 0.3) is 5.91 Å². The van der Waals surface area contributed by atoms with Crippen LogP contribution in [0.25, 0.3) is 0 Å². The summed E-state index contributed by atoms with van der Waals surface area (Å²) in [6, 6.07) is 13.7. The van der Waals surface area contributed by atoms with E-state index >= 15 is 0 Å². The van der Waals surface area contributed by atoms with Crippen molar-refractivity contribution in [3.05, 3.63) is 64.7 Å². The number of esters is 1. The minimum absolute atomic E-state index is 0.176. The van der Waals surface area contributed by atoms with Gasteiger partial charge < -0.3 is 14.8 Å². The van der Waals surface area contributed by atoms with Gasteiger partial charge in [-0.15, -0.1) is 0 Å². The molecule has 0 aromatic heterocycles. The lowest BCUT2D eigenvalue weighted by molar-refractivity contribution is -0.150. The summed E-state index contributed by atoms with van der Waals surface area (Å²) in [6.45, 7) is 2.40. The van der Waals surface area contributed by atoms with Crippen LogP contribution in [0.5, 0.6) is 5.75 Å². The van der Waals surface area contributed by atoms with Crippen molar-refractivity contribution in [1.82, 2.24) is 5.32 Å². The van der Waals surface area contributed by atoms with Crippen LogP contribution in [-0.2, 0) is 25.5 Å². The van der Waals surface area contributed by atoms with E-state index in [0.717, 1.165) is 11.1 Å². The molecule has 0 fully saturated rings. The van der Waals surface area contributed by atoms with Crippen molar-refractivity contribution in [2.24, 2.45) is 0 Å². The summed E-state index contributed by atoms with van der Waals surface area (Å²) in [4.78, 5) is 35.6. The third kappa shape index (κ3) is 7.04. The van der Waals surface area contributed by atoms with Crippen LogP contribution in [0.15, 0.2) is 48.5 Å². The molecule has 0 saturated heterocycles. The number of halogens is 1. The van der Waals surface area contributed by atoms with Crippen molar-refractivity contribution in [2.75, 3.05) is 13.2 Å². The number of ketones is 1. The maximum absolute atomic E-state index is 12.0. The van der Waals surface area contributed by atoms with Crippen LogP contribution in [0.1, 0.15) is 18.1 Å². The van der Waals surface area contributed by atoms with E-state index in [-0.39, 0.29) is 12.4 Å².